The lowest BCUT2D eigenvalue weighted by atomic mass is 10.0. The Balaban J connectivity index is 2.42. The molecule has 0 saturated heterocycles. The van der Waals surface area contributed by atoms with Crippen LogP contribution in [-0.2, 0) is 0 Å². The second-order valence-electron chi connectivity index (χ2n) is 3.32. The molecule has 1 unspecified atom stereocenters. The zero-order valence-electron chi connectivity index (χ0n) is 8.18. The van der Waals surface area contributed by atoms with E-state index in [-0.39, 0.29) is 10.2 Å². The molecule has 0 fully saturated rings. The summed E-state index contributed by atoms with van der Waals surface area (Å²) in [6, 6.07) is 2.80. The van der Waals surface area contributed by atoms with Gasteiger partial charge in [-0.15, -0.1) is 13.2 Å². The van der Waals surface area contributed by atoms with Crippen molar-refractivity contribution in [1.82, 2.24) is 5.32 Å². The molecule has 1 N–H and O–H groups in total. The van der Waals surface area contributed by atoms with Gasteiger partial charge < -0.3 is 10.1 Å². The van der Waals surface area contributed by atoms with E-state index in [1.165, 1.54) is 12.1 Å². The molecule has 7 heteroatoms. The molecule has 1 aliphatic rings. The van der Waals surface area contributed by atoms with Crippen LogP contribution >= 0.6 is 27.5 Å². The lowest BCUT2D eigenvalue weighted by Crippen LogP contribution is -2.19. The maximum atomic E-state index is 12.1. The molecule has 0 aliphatic carbocycles. The van der Waals surface area contributed by atoms with Crippen LogP contribution in [0.15, 0.2) is 22.8 Å². The maximum absolute atomic E-state index is 12.1. The Bertz CT molecular complexity index is 475. The number of alkyl halides is 4. The van der Waals surface area contributed by atoms with Crippen molar-refractivity contribution in [3.05, 3.63) is 33.9 Å². The van der Waals surface area contributed by atoms with Gasteiger partial charge in [-0.3, -0.25) is 0 Å². The molecule has 1 atom stereocenters. The van der Waals surface area contributed by atoms with E-state index in [0.29, 0.717) is 5.56 Å². The topological polar surface area (TPSA) is 21.3 Å². The summed E-state index contributed by atoms with van der Waals surface area (Å²) in [5.74, 6) is -0.306. The Morgan fingerprint density at radius 2 is 2.06 bits per heavy atom. The molecule has 1 aromatic rings. The van der Waals surface area contributed by atoms with Gasteiger partial charge in [0.25, 0.3) is 0 Å². The highest BCUT2D eigenvalue weighted by Gasteiger charge is 2.32. The molecule has 1 aromatic carbocycles. The fourth-order valence-electron chi connectivity index (χ4n) is 1.46. The van der Waals surface area contributed by atoms with E-state index in [0.717, 1.165) is 5.56 Å². The summed E-state index contributed by atoms with van der Waals surface area (Å²) < 4.78 is 40.6. The van der Waals surface area contributed by atoms with E-state index in [1.807, 2.05) is 0 Å². The summed E-state index contributed by atoms with van der Waals surface area (Å²) in [6.07, 6.45) is -1.37. The van der Waals surface area contributed by atoms with E-state index in [9.17, 15) is 13.2 Å². The van der Waals surface area contributed by atoms with E-state index in [2.05, 4.69) is 26.0 Å². The Morgan fingerprint density at radius 1 is 1.35 bits per heavy atom. The number of nitrogens with one attached hydrogen (secondary N) is 1. The van der Waals surface area contributed by atoms with Crippen LogP contribution in [0.3, 0.4) is 0 Å². The van der Waals surface area contributed by atoms with E-state index in [4.69, 9.17) is 11.6 Å². The lowest BCUT2D eigenvalue weighted by molar-refractivity contribution is -0.274. The normalized spacial score (nSPS) is 18.5. The van der Waals surface area contributed by atoms with Gasteiger partial charge in [-0.25, -0.2) is 0 Å². The molecule has 0 aromatic heterocycles. The minimum atomic E-state index is -4.73. The first kappa shape index (κ1) is 12.6. The number of halogens is 5. The molecule has 0 radical (unpaired) electrons. The van der Waals surface area contributed by atoms with Crippen LogP contribution in [0, 0.1) is 0 Å². The highest BCUT2D eigenvalue weighted by Crippen LogP contribution is 2.37. The molecule has 0 saturated carbocycles. The number of hydrogen-bond donors (Lipinski definition) is 1. The number of ether oxygens (including phenoxy) is 1. The standard InChI is InChI=1S/C10H6BrClF3NO/c11-7-3-5-1-2-16-9(12)6(5)4-8(7)17-10(13,14)15/h1-4,9,16H. The molecule has 0 bridgehead atoms. The molecule has 1 aliphatic heterocycles. The van der Waals surface area contributed by atoms with Crippen LogP contribution in [0.5, 0.6) is 5.75 Å². The number of rotatable bonds is 1. The van der Waals surface area contributed by atoms with Gasteiger partial charge in [0.2, 0.25) is 0 Å². The van der Waals surface area contributed by atoms with E-state index >= 15 is 0 Å². The fraction of sp³-hybridized carbons (Fsp3) is 0.200. The third-order valence-electron chi connectivity index (χ3n) is 2.14. The Labute approximate surface area is 109 Å². The summed E-state index contributed by atoms with van der Waals surface area (Å²) in [7, 11) is 0. The summed E-state index contributed by atoms with van der Waals surface area (Å²) in [6.45, 7) is 0. The van der Waals surface area contributed by atoms with E-state index < -0.39 is 11.9 Å². The SMILES string of the molecule is FC(F)(F)Oc1cc2c(cc1Br)C=CNC2Cl. The van der Waals surface area contributed by atoms with E-state index in [1.54, 1.807) is 12.3 Å². The fourth-order valence-corrected chi connectivity index (χ4v) is 2.17. The smallest absolute Gasteiger partial charge is 0.405 e. The van der Waals surface area contributed by atoms with Crippen LogP contribution in [0.25, 0.3) is 6.08 Å². The summed E-state index contributed by atoms with van der Waals surface area (Å²) in [5, 5.41) is 2.78. The van der Waals surface area contributed by atoms with Gasteiger partial charge >= 0.3 is 6.36 Å². The Hall–Kier alpha value is -0.880. The van der Waals surface area contributed by atoms with Crippen molar-refractivity contribution >= 4 is 33.6 Å². The summed E-state index contributed by atoms with van der Waals surface area (Å²) >= 11 is 8.95. The van der Waals surface area contributed by atoms with Crippen molar-refractivity contribution in [3.63, 3.8) is 0 Å². The minimum Gasteiger partial charge on any atom is -0.405 e. The summed E-state index contributed by atoms with van der Waals surface area (Å²) in [5.41, 5.74) is 0.709. The zero-order valence-corrected chi connectivity index (χ0v) is 10.5. The number of hydrogen-bond acceptors (Lipinski definition) is 2. The van der Waals surface area contributed by atoms with Gasteiger partial charge in [0.15, 0.2) is 0 Å². The first-order chi connectivity index (χ1) is 7.87. The van der Waals surface area contributed by atoms with Gasteiger partial charge in [-0.05, 0) is 45.9 Å². The van der Waals surface area contributed by atoms with Crippen LogP contribution in [0.1, 0.15) is 16.6 Å². The predicted molar refractivity (Wildman–Crippen MR) is 61.6 cm³/mol. The quantitative estimate of drug-likeness (QED) is 0.617. The molecule has 2 nitrogen and oxygen atoms in total. The van der Waals surface area contributed by atoms with Gasteiger partial charge in [0, 0.05) is 5.56 Å². The Morgan fingerprint density at radius 3 is 2.71 bits per heavy atom. The summed E-state index contributed by atoms with van der Waals surface area (Å²) in [4.78, 5) is 0. The van der Waals surface area contributed by atoms with Gasteiger partial charge in [0.1, 0.15) is 11.3 Å². The third-order valence-corrected chi connectivity index (χ3v) is 3.12. The first-order valence-corrected chi connectivity index (χ1v) is 5.75. The predicted octanol–water partition coefficient (Wildman–Crippen LogP) is 4.16. The van der Waals surface area contributed by atoms with Gasteiger partial charge in [0.05, 0.1) is 4.47 Å². The molecule has 2 rings (SSSR count). The van der Waals surface area contributed by atoms with Crippen molar-refractivity contribution in [3.8, 4) is 5.75 Å². The Kier molecular flexibility index (Phi) is 3.27. The maximum Gasteiger partial charge on any atom is 0.573 e. The second kappa shape index (κ2) is 4.42. The molecule has 0 spiro atoms. The number of benzene rings is 1. The monoisotopic (exact) mass is 327 g/mol. The zero-order chi connectivity index (χ0) is 12.6. The highest BCUT2D eigenvalue weighted by atomic mass is 79.9. The van der Waals surface area contributed by atoms with Crippen molar-refractivity contribution in [1.29, 1.82) is 0 Å². The number of fused-ring (bicyclic) bond motifs is 1. The molecule has 1 heterocycles. The van der Waals surface area contributed by atoms with Crippen LogP contribution in [-0.4, -0.2) is 6.36 Å². The molecular formula is C10H6BrClF3NO. The first-order valence-electron chi connectivity index (χ1n) is 4.53. The van der Waals surface area contributed by atoms with Crippen molar-refractivity contribution in [2.45, 2.75) is 11.9 Å². The minimum absolute atomic E-state index is 0.226. The molecule has 17 heavy (non-hydrogen) atoms. The average molecular weight is 329 g/mol. The molecule has 0 amide bonds. The van der Waals surface area contributed by atoms with Crippen LogP contribution < -0.4 is 10.1 Å². The third kappa shape index (κ3) is 2.87. The average Bonchev–Trinajstić information content (AvgIpc) is 2.18. The molecule has 92 valence electrons. The van der Waals surface area contributed by atoms with Gasteiger partial charge in [-0.2, -0.15) is 0 Å². The van der Waals surface area contributed by atoms with Crippen molar-refractivity contribution in [2.24, 2.45) is 0 Å². The molecular weight excluding hydrogens is 322 g/mol. The second-order valence-corrected chi connectivity index (χ2v) is 4.61. The van der Waals surface area contributed by atoms with Crippen molar-refractivity contribution < 1.29 is 17.9 Å². The lowest BCUT2D eigenvalue weighted by Gasteiger charge is -2.20. The highest BCUT2D eigenvalue weighted by molar-refractivity contribution is 9.10. The van der Waals surface area contributed by atoms with Crippen LogP contribution in [0.4, 0.5) is 13.2 Å². The van der Waals surface area contributed by atoms with Crippen LogP contribution in [0.2, 0.25) is 0 Å². The van der Waals surface area contributed by atoms with Crippen molar-refractivity contribution in [2.75, 3.05) is 0 Å². The van der Waals surface area contributed by atoms with Gasteiger partial charge in [-0.1, -0.05) is 11.6 Å². The largest absolute Gasteiger partial charge is 0.573 e.